The van der Waals surface area contributed by atoms with Crippen molar-refractivity contribution in [2.75, 3.05) is 32.9 Å². The lowest BCUT2D eigenvalue weighted by Gasteiger charge is -2.13. The summed E-state index contributed by atoms with van der Waals surface area (Å²) >= 11 is 0. The number of nitrogens with one attached hydrogen (secondary N) is 1. The first-order valence-corrected chi connectivity index (χ1v) is 13.0. The predicted molar refractivity (Wildman–Crippen MR) is 145 cm³/mol. The molecule has 1 aliphatic rings. The van der Waals surface area contributed by atoms with E-state index in [9.17, 15) is 8.78 Å². The van der Waals surface area contributed by atoms with Crippen molar-refractivity contribution >= 4 is 16.7 Å². The molecule has 4 heterocycles. The number of fused-ring (bicyclic) bond motifs is 1. The Morgan fingerprint density at radius 3 is 2.58 bits per heavy atom. The van der Waals surface area contributed by atoms with E-state index in [2.05, 4.69) is 20.6 Å². The molecule has 12 heteroatoms. The number of ether oxygens (including phenoxy) is 2. The zero-order chi connectivity index (χ0) is 27.8. The number of aromatic nitrogens is 6. The molecule has 1 saturated carbocycles. The van der Waals surface area contributed by atoms with Crippen molar-refractivity contribution in [3.63, 3.8) is 0 Å². The van der Waals surface area contributed by atoms with Gasteiger partial charge >= 0.3 is 0 Å². The molecule has 0 amide bonds. The van der Waals surface area contributed by atoms with Gasteiger partial charge in [0.2, 0.25) is 0 Å². The Morgan fingerprint density at radius 2 is 1.90 bits per heavy atom. The number of hydrogen-bond donors (Lipinski definition) is 1. The number of methoxy groups -OCH3 is 2. The van der Waals surface area contributed by atoms with Crippen LogP contribution in [0.3, 0.4) is 0 Å². The second-order valence-electron chi connectivity index (χ2n) is 9.76. The molecule has 10 nitrogen and oxygen atoms in total. The highest BCUT2D eigenvalue weighted by Gasteiger charge is 2.36. The number of pyridine rings is 1. The lowest BCUT2D eigenvalue weighted by molar-refractivity contribution is 0.278. The van der Waals surface area contributed by atoms with Gasteiger partial charge in [-0.15, -0.1) is 0 Å². The van der Waals surface area contributed by atoms with Crippen molar-refractivity contribution in [3.05, 3.63) is 54.0 Å². The highest BCUT2D eigenvalue weighted by atomic mass is 19.1. The van der Waals surface area contributed by atoms with Gasteiger partial charge in [-0.2, -0.15) is 10.2 Å². The molecular formula is C28H29F2N7O3. The van der Waals surface area contributed by atoms with E-state index in [4.69, 9.17) is 19.1 Å². The average molecular weight is 550 g/mol. The van der Waals surface area contributed by atoms with Crippen molar-refractivity contribution in [2.24, 2.45) is 7.05 Å². The maximum Gasteiger partial charge on any atom is 0.149 e. The molecule has 0 radical (unpaired) electrons. The second-order valence-corrected chi connectivity index (χ2v) is 9.76. The number of alkyl halides is 2. The fourth-order valence-corrected chi connectivity index (χ4v) is 4.90. The van der Waals surface area contributed by atoms with Crippen LogP contribution in [0.4, 0.5) is 14.6 Å². The third-order valence-electron chi connectivity index (χ3n) is 7.12. The number of halogens is 2. The maximum absolute atomic E-state index is 14.0. The maximum atomic E-state index is 14.0. The van der Waals surface area contributed by atoms with E-state index in [-0.39, 0.29) is 5.92 Å². The number of rotatable bonds is 11. The van der Waals surface area contributed by atoms with Crippen LogP contribution < -0.4 is 14.8 Å². The molecule has 1 fully saturated rings. The van der Waals surface area contributed by atoms with Crippen LogP contribution in [-0.2, 0) is 13.6 Å². The van der Waals surface area contributed by atoms with Crippen LogP contribution in [0.25, 0.3) is 33.5 Å². The smallest absolute Gasteiger partial charge is 0.149 e. The Hall–Kier alpha value is -4.48. The van der Waals surface area contributed by atoms with Crippen LogP contribution in [0.1, 0.15) is 36.1 Å². The molecule has 0 spiro atoms. The van der Waals surface area contributed by atoms with Crippen LogP contribution in [0.5, 0.6) is 11.5 Å². The molecule has 1 aromatic carbocycles. The summed E-state index contributed by atoms with van der Waals surface area (Å²) < 4.78 is 47.7. The van der Waals surface area contributed by atoms with Crippen LogP contribution >= 0.6 is 0 Å². The van der Waals surface area contributed by atoms with Gasteiger partial charge in [0.15, 0.2) is 0 Å². The molecular weight excluding hydrogens is 520 g/mol. The fraction of sp³-hybridized carbons (Fsp3) is 0.357. The molecule has 1 aliphatic carbocycles. The lowest BCUT2D eigenvalue weighted by Crippen LogP contribution is -2.14. The largest absolute Gasteiger partial charge is 0.497 e. The third-order valence-corrected chi connectivity index (χ3v) is 7.12. The van der Waals surface area contributed by atoms with Crippen molar-refractivity contribution in [3.8, 4) is 34.1 Å². The van der Waals surface area contributed by atoms with Gasteiger partial charge in [0.05, 0.1) is 36.4 Å². The van der Waals surface area contributed by atoms with Crippen molar-refractivity contribution < 1.29 is 22.8 Å². The second kappa shape index (κ2) is 10.6. The fourth-order valence-electron chi connectivity index (χ4n) is 4.90. The van der Waals surface area contributed by atoms with Gasteiger partial charge in [-0.3, -0.25) is 9.36 Å². The first-order chi connectivity index (χ1) is 19.6. The van der Waals surface area contributed by atoms with E-state index in [1.165, 1.54) is 4.68 Å². The zero-order valence-corrected chi connectivity index (χ0v) is 22.4. The van der Waals surface area contributed by atoms with Crippen LogP contribution in [0.2, 0.25) is 0 Å². The van der Waals surface area contributed by atoms with Crippen molar-refractivity contribution in [1.29, 1.82) is 0 Å². The average Bonchev–Trinajstić information content (AvgIpc) is 3.40. The molecule has 0 unspecified atom stereocenters. The molecule has 0 atom stereocenters. The van der Waals surface area contributed by atoms with E-state index in [1.54, 1.807) is 37.2 Å². The van der Waals surface area contributed by atoms with Crippen molar-refractivity contribution in [1.82, 2.24) is 29.7 Å². The number of hydrogen-bond acceptors (Lipinski definition) is 8. The molecule has 1 N–H and O–H groups in total. The minimum absolute atomic E-state index is 0.245. The predicted octanol–water partition coefficient (Wildman–Crippen LogP) is 5.47. The summed E-state index contributed by atoms with van der Waals surface area (Å²) in [4.78, 5) is 4.59. The molecule has 0 aliphatic heterocycles. The highest BCUT2D eigenvalue weighted by molar-refractivity contribution is 6.02. The van der Waals surface area contributed by atoms with Crippen LogP contribution in [-0.4, -0.2) is 57.3 Å². The van der Waals surface area contributed by atoms with Gasteiger partial charge in [0.25, 0.3) is 0 Å². The Labute approximate surface area is 228 Å². The van der Waals surface area contributed by atoms with Gasteiger partial charge in [-0.25, -0.2) is 13.8 Å². The molecule has 4 aromatic heterocycles. The van der Waals surface area contributed by atoms with Gasteiger partial charge < -0.3 is 19.3 Å². The SMILES string of the molecule is COc1ccc(CNc2nccc3c2c(-c2noc(C4CC4)c2-c2ccn(C)n2)nn3C(CF)CF)c(OC)c1. The lowest BCUT2D eigenvalue weighted by atomic mass is 10.0. The summed E-state index contributed by atoms with van der Waals surface area (Å²) in [7, 11) is 5.02. The highest BCUT2D eigenvalue weighted by Crippen LogP contribution is 2.48. The number of anilines is 1. The monoisotopic (exact) mass is 549 g/mol. The minimum Gasteiger partial charge on any atom is -0.497 e. The summed E-state index contributed by atoms with van der Waals surface area (Å²) in [5.74, 6) is 2.79. The molecule has 0 saturated heterocycles. The van der Waals surface area contributed by atoms with E-state index in [1.807, 2.05) is 31.4 Å². The Morgan fingerprint density at radius 1 is 1.07 bits per heavy atom. The summed E-state index contributed by atoms with van der Waals surface area (Å²) in [6.45, 7) is -1.47. The number of aryl methyl sites for hydroxylation is 1. The molecule has 5 aromatic rings. The van der Waals surface area contributed by atoms with E-state index >= 15 is 0 Å². The number of benzene rings is 1. The standard InChI is InChI=1S/C28H29F2N7O3/c1-36-11-9-20(33-36)23-26(35-40-27(23)16-4-5-16)25-24-21(37(34-25)18(13-29)14-30)8-10-31-28(24)32-15-17-6-7-19(38-2)12-22(17)39-3/h6-12,16,18H,4-5,13-15H2,1-3H3,(H,31,32). The van der Waals surface area contributed by atoms with Gasteiger partial charge in [-0.1, -0.05) is 5.16 Å². The molecule has 0 bridgehead atoms. The first-order valence-electron chi connectivity index (χ1n) is 13.0. The zero-order valence-electron chi connectivity index (χ0n) is 22.4. The van der Waals surface area contributed by atoms with E-state index in [0.29, 0.717) is 51.8 Å². The Balaban J connectivity index is 1.50. The van der Waals surface area contributed by atoms with Gasteiger partial charge in [0, 0.05) is 43.5 Å². The van der Waals surface area contributed by atoms with Crippen molar-refractivity contribution in [2.45, 2.75) is 31.3 Å². The van der Waals surface area contributed by atoms with Crippen LogP contribution in [0.15, 0.2) is 47.2 Å². The summed E-state index contributed by atoms with van der Waals surface area (Å²) in [6.07, 6.45) is 5.42. The Bertz CT molecular complexity index is 1650. The van der Waals surface area contributed by atoms with Gasteiger partial charge in [0.1, 0.15) is 53.9 Å². The quantitative estimate of drug-likeness (QED) is 0.231. The molecule has 6 rings (SSSR count). The summed E-state index contributed by atoms with van der Waals surface area (Å²) in [5.41, 5.74) is 3.69. The minimum atomic E-state index is -1.10. The summed E-state index contributed by atoms with van der Waals surface area (Å²) in [6, 6.07) is 8.04. The third kappa shape index (κ3) is 4.52. The van der Waals surface area contributed by atoms with E-state index in [0.717, 1.165) is 29.7 Å². The van der Waals surface area contributed by atoms with Gasteiger partial charge in [-0.05, 0) is 37.1 Å². The molecule has 208 valence electrons. The summed E-state index contributed by atoms with van der Waals surface area (Å²) in [5, 5.41) is 17.7. The number of nitrogens with zero attached hydrogens (tertiary/aromatic N) is 6. The Kier molecular flexibility index (Phi) is 6.82. The molecule has 40 heavy (non-hydrogen) atoms. The normalized spacial score (nSPS) is 13.3. The topological polar surface area (TPSA) is 105 Å². The van der Waals surface area contributed by atoms with Crippen LogP contribution in [0, 0.1) is 0 Å². The first kappa shape index (κ1) is 25.8. The van der Waals surface area contributed by atoms with E-state index < -0.39 is 19.4 Å².